The predicted octanol–water partition coefficient (Wildman–Crippen LogP) is 2.61. The molecule has 2 N–H and O–H groups in total. The first-order chi connectivity index (χ1) is 13.4. The zero-order chi connectivity index (χ0) is 20.3. The molecule has 1 aliphatic heterocycles. The fraction of sp³-hybridized carbons (Fsp3) is 0.100. The summed E-state index contributed by atoms with van der Waals surface area (Å²) in [5.74, 6) is -1.71. The van der Waals surface area contributed by atoms with Gasteiger partial charge in [0.15, 0.2) is 5.11 Å². The molecule has 0 atom stereocenters. The number of anilines is 1. The number of hydrogen-bond donors (Lipinski definition) is 2. The van der Waals surface area contributed by atoms with Gasteiger partial charge < -0.3 is 9.84 Å². The molecule has 0 radical (unpaired) electrons. The lowest BCUT2D eigenvalue weighted by Crippen LogP contribution is -2.54. The summed E-state index contributed by atoms with van der Waals surface area (Å²) in [5.41, 5.74) is 0.780. The summed E-state index contributed by atoms with van der Waals surface area (Å²) in [7, 11) is 0. The summed E-state index contributed by atoms with van der Waals surface area (Å²) >= 11 is 5.12. The van der Waals surface area contributed by atoms with Gasteiger partial charge in [-0.2, -0.15) is 0 Å². The van der Waals surface area contributed by atoms with Gasteiger partial charge in [-0.1, -0.05) is 18.2 Å². The Balaban J connectivity index is 1.96. The lowest BCUT2D eigenvalue weighted by molar-refractivity contribution is -0.122. The number of carboxylic acids is 1. The largest absolute Gasteiger partial charge is 0.494 e. The van der Waals surface area contributed by atoms with Crippen LogP contribution in [0.15, 0.2) is 54.1 Å². The van der Waals surface area contributed by atoms with Gasteiger partial charge in [0.2, 0.25) is 0 Å². The van der Waals surface area contributed by atoms with Crippen LogP contribution in [-0.4, -0.2) is 34.6 Å². The van der Waals surface area contributed by atoms with E-state index in [1.807, 2.05) is 6.92 Å². The van der Waals surface area contributed by atoms with E-state index in [4.69, 9.17) is 22.1 Å². The summed E-state index contributed by atoms with van der Waals surface area (Å²) in [4.78, 5) is 37.6. The molecule has 2 aromatic rings. The number of hydrogen-bond acceptors (Lipinski definition) is 5. The fourth-order valence-electron chi connectivity index (χ4n) is 2.66. The molecular formula is C20H16N2O5S. The second-order valence-electron chi connectivity index (χ2n) is 5.82. The quantitative estimate of drug-likeness (QED) is 0.458. The van der Waals surface area contributed by atoms with Crippen molar-refractivity contribution in [1.29, 1.82) is 0 Å². The molecule has 1 fully saturated rings. The highest BCUT2D eigenvalue weighted by molar-refractivity contribution is 7.80. The third-order valence-electron chi connectivity index (χ3n) is 3.96. The van der Waals surface area contributed by atoms with Gasteiger partial charge in [0.25, 0.3) is 11.8 Å². The Morgan fingerprint density at radius 1 is 1.21 bits per heavy atom. The number of benzene rings is 2. The van der Waals surface area contributed by atoms with E-state index in [1.165, 1.54) is 24.3 Å². The van der Waals surface area contributed by atoms with Gasteiger partial charge in [0.05, 0.1) is 17.9 Å². The van der Waals surface area contributed by atoms with Crippen molar-refractivity contribution in [3.05, 3.63) is 65.2 Å². The monoisotopic (exact) mass is 396 g/mol. The van der Waals surface area contributed by atoms with E-state index in [2.05, 4.69) is 5.32 Å². The van der Waals surface area contributed by atoms with Crippen LogP contribution in [0.1, 0.15) is 22.8 Å². The smallest absolute Gasteiger partial charge is 0.335 e. The Morgan fingerprint density at radius 2 is 1.93 bits per heavy atom. The molecule has 1 saturated heterocycles. The number of carbonyl (C=O) groups is 3. The average Bonchev–Trinajstić information content (AvgIpc) is 2.67. The molecule has 7 nitrogen and oxygen atoms in total. The maximum Gasteiger partial charge on any atom is 0.335 e. The van der Waals surface area contributed by atoms with Gasteiger partial charge in [-0.3, -0.25) is 19.8 Å². The summed E-state index contributed by atoms with van der Waals surface area (Å²) in [5, 5.41) is 11.5. The highest BCUT2D eigenvalue weighted by Crippen LogP contribution is 2.23. The topological polar surface area (TPSA) is 95.9 Å². The van der Waals surface area contributed by atoms with Crippen LogP contribution in [0.3, 0.4) is 0 Å². The molecular weight excluding hydrogens is 380 g/mol. The first-order valence-electron chi connectivity index (χ1n) is 8.38. The van der Waals surface area contributed by atoms with Gasteiger partial charge in [-0.25, -0.2) is 4.79 Å². The van der Waals surface area contributed by atoms with Crippen LogP contribution in [0.2, 0.25) is 0 Å². The van der Waals surface area contributed by atoms with E-state index in [0.29, 0.717) is 17.9 Å². The third-order valence-corrected chi connectivity index (χ3v) is 4.24. The van der Waals surface area contributed by atoms with E-state index in [1.54, 1.807) is 30.3 Å². The molecule has 0 unspecified atom stereocenters. The Bertz CT molecular complexity index is 998. The summed E-state index contributed by atoms with van der Waals surface area (Å²) in [6.45, 7) is 2.40. The van der Waals surface area contributed by atoms with Crippen molar-refractivity contribution >= 4 is 46.9 Å². The Labute approximate surface area is 166 Å². The van der Waals surface area contributed by atoms with E-state index in [-0.39, 0.29) is 21.9 Å². The van der Waals surface area contributed by atoms with Crippen LogP contribution in [0.5, 0.6) is 5.75 Å². The van der Waals surface area contributed by atoms with Crippen molar-refractivity contribution in [2.24, 2.45) is 0 Å². The zero-order valence-electron chi connectivity index (χ0n) is 14.8. The second-order valence-corrected chi connectivity index (χ2v) is 6.20. The van der Waals surface area contributed by atoms with Crippen LogP contribution in [0, 0.1) is 0 Å². The highest BCUT2D eigenvalue weighted by atomic mass is 32.1. The first kappa shape index (κ1) is 19.2. The van der Waals surface area contributed by atoms with Crippen molar-refractivity contribution in [2.45, 2.75) is 6.92 Å². The van der Waals surface area contributed by atoms with Gasteiger partial charge >= 0.3 is 5.97 Å². The minimum atomic E-state index is -1.13. The van der Waals surface area contributed by atoms with Crippen molar-refractivity contribution in [3.8, 4) is 5.75 Å². The van der Waals surface area contributed by atoms with Gasteiger partial charge in [-0.15, -0.1) is 0 Å². The second kappa shape index (κ2) is 8.01. The predicted molar refractivity (Wildman–Crippen MR) is 107 cm³/mol. The molecule has 0 spiro atoms. The van der Waals surface area contributed by atoms with Crippen LogP contribution in [0.25, 0.3) is 6.08 Å². The van der Waals surface area contributed by atoms with Crippen LogP contribution >= 0.6 is 12.2 Å². The van der Waals surface area contributed by atoms with Crippen molar-refractivity contribution in [2.75, 3.05) is 11.5 Å². The van der Waals surface area contributed by atoms with E-state index in [0.717, 1.165) is 4.90 Å². The van der Waals surface area contributed by atoms with E-state index < -0.39 is 17.8 Å². The normalized spacial score (nSPS) is 15.5. The maximum atomic E-state index is 12.9. The highest BCUT2D eigenvalue weighted by Gasteiger charge is 2.34. The van der Waals surface area contributed by atoms with Crippen molar-refractivity contribution in [1.82, 2.24) is 5.32 Å². The number of ether oxygens (including phenoxy) is 1. The summed E-state index contributed by atoms with van der Waals surface area (Å²) < 4.78 is 5.37. The van der Waals surface area contributed by atoms with E-state index >= 15 is 0 Å². The lowest BCUT2D eigenvalue weighted by Gasteiger charge is -2.29. The first-order valence-corrected chi connectivity index (χ1v) is 8.79. The number of nitrogens with zero attached hydrogens (tertiary/aromatic N) is 1. The number of amides is 2. The van der Waals surface area contributed by atoms with Crippen LogP contribution in [0.4, 0.5) is 5.69 Å². The van der Waals surface area contributed by atoms with Crippen LogP contribution in [-0.2, 0) is 9.59 Å². The molecule has 0 saturated carbocycles. The van der Waals surface area contributed by atoms with Crippen molar-refractivity contribution in [3.63, 3.8) is 0 Å². The Kier molecular flexibility index (Phi) is 5.51. The number of nitrogens with one attached hydrogen (secondary N) is 1. The minimum Gasteiger partial charge on any atom is -0.494 e. The molecule has 2 amide bonds. The fourth-order valence-corrected chi connectivity index (χ4v) is 2.94. The van der Waals surface area contributed by atoms with Crippen LogP contribution < -0.4 is 15.0 Å². The molecule has 3 rings (SSSR count). The standard InChI is InChI=1S/C20H16N2O5S/c1-2-27-15-8-6-12(7-9-15)10-16-17(23)21-20(28)22(18(16)24)14-5-3-4-13(11-14)19(25)26/h3-11H,2H2,1H3,(H,25,26)(H,21,23,28). The average molecular weight is 396 g/mol. The van der Waals surface area contributed by atoms with Crippen molar-refractivity contribution < 1.29 is 24.2 Å². The summed E-state index contributed by atoms with van der Waals surface area (Å²) in [6.07, 6.45) is 1.45. The van der Waals surface area contributed by atoms with Gasteiger partial charge in [-0.05, 0) is 61.1 Å². The van der Waals surface area contributed by atoms with Gasteiger partial charge in [0.1, 0.15) is 11.3 Å². The number of carboxylic acid groups (broad SMARTS) is 1. The lowest BCUT2D eigenvalue weighted by atomic mass is 10.1. The molecule has 28 heavy (non-hydrogen) atoms. The molecule has 8 heteroatoms. The van der Waals surface area contributed by atoms with E-state index in [9.17, 15) is 14.4 Å². The molecule has 0 aromatic heterocycles. The Hall–Kier alpha value is -3.52. The molecule has 2 aromatic carbocycles. The SMILES string of the molecule is CCOc1ccc(C=C2C(=O)NC(=S)N(c3cccc(C(=O)O)c3)C2=O)cc1. The molecule has 1 aliphatic rings. The molecule has 0 bridgehead atoms. The minimum absolute atomic E-state index is 0.00189. The molecule has 1 heterocycles. The Morgan fingerprint density at radius 3 is 2.57 bits per heavy atom. The maximum absolute atomic E-state index is 12.9. The summed E-state index contributed by atoms with van der Waals surface area (Å²) in [6, 6.07) is 12.7. The number of aromatic carboxylic acids is 1. The number of carbonyl (C=O) groups excluding carboxylic acids is 2. The molecule has 142 valence electrons. The number of thiocarbonyl (C=S) groups is 1. The zero-order valence-corrected chi connectivity index (χ0v) is 15.7. The third kappa shape index (κ3) is 3.91. The van der Waals surface area contributed by atoms with Gasteiger partial charge in [0, 0.05) is 0 Å². The number of rotatable bonds is 5. The molecule has 0 aliphatic carbocycles.